The number of fused-ring (bicyclic) bond motifs is 2. The van der Waals surface area contributed by atoms with Crippen LogP contribution in [0.5, 0.6) is 5.75 Å². The molecule has 0 radical (unpaired) electrons. The lowest BCUT2D eigenvalue weighted by molar-refractivity contribution is 0.0905. The summed E-state index contributed by atoms with van der Waals surface area (Å²) in [5, 5.41) is 8.26. The van der Waals surface area contributed by atoms with Crippen LogP contribution in [0.3, 0.4) is 0 Å². The van der Waals surface area contributed by atoms with E-state index in [1.54, 1.807) is 18.2 Å². The normalized spacial score (nSPS) is 28.8. The topological polar surface area (TPSA) is 84.2 Å². The van der Waals surface area contributed by atoms with Gasteiger partial charge in [-0.2, -0.15) is 5.26 Å². The van der Waals surface area contributed by atoms with E-state index in [1.807, 2.05) is 6.07 Å². The van der Waals surface area contributed by atoms with Gasteiger partial charge < -0.3 is 4.74 Å². The lowest BCUT2D eigenvalue weighted by Crippen LogP contribution is -2.36. The van der Waals surface area contributed by atoms with Crippen molar-refractivity contribution < 1.29 is 17.9 Å². The Morgan fingerprint density at radius 1 is 1.27 bits per heavy atom. The van der Waals surface area contributed by atoms with Gasteiger partial charge >= 0.3 is 0 Å². The average molecular weight is 319 g/mol. The number of carbonyl (C=O) groups is 1. The molecule has 116 valence electrons. The third-order valence-corrected chi connectivity index (χ3v) is 7.53. The van der Waals surface area contributed by atoms with E-state index in [0.29, 0.717) is 42.6 Å². The van der Waals surface area contributed by atoms with Crippen LogP contribution in [0.1, 0.15) is 41.6 Å². The molecule has 0 aromatic heterocycles. The Labute approximate surface area is 129 Å². The van der Waals surface area contributed by atoms with E-state index in [0.717, 1.165) is 0 Å². The number of nitriles is 1. The van der Waals surface area contributed by atoms with E-state index >= 15 is 0 Å². The third kappa shape index (κ3) is 2.30. The summed E-state index contributed by atoms with van der Waals surface area (Å²) < 4.78 is 29.3. The number of ketones is 1. The predicted molar refractivity (Wildman–Crippen MR) is 80.5 cm³/mol. The number of hydrogen-bond donors (Lipinski definition) is 0. The van der Waals surface area contributed by atoms with Crippen LogP contribution in [0.2, 0.25) is 0 Å². The highest BCUT2D eigenvalue weighted by molar-refractivity contribution is 7.93. The molecule has 0 amide bonds. The molecule has 0 N–H and O–H groups in total. The Bertz CT molecular complexity index is 743. The van der Waals surface area contributed by atoms with Crippen molar-refractivity contribution >= 4 is 15.6 Å². The number of ether oxygens (including phenoxy) is 1. The molecular formula is C16H17NO4S. The van der Waals surface area contributed by atoms with Gasteiger partial charge in [0.15, 0.2) is 15.6 Å². The summed E-state index contributed by atoms with van der Waals surface area (Å²) in [6.07, 6.45) is 2.18. The Hall–Kier alpha value is -1.87. The van der Waals surface area contributed by atoms with E-state index in [2.05, 4.69) is 0 Å². The van der Waals surface area contributed by atoms with Gasteiger partial charge in [0.2, 0.25) is 0 Å². The zero-order chi connectivity index (χ0) is 15.9. The number of Topliss-reactive ketones (excluding diaryl/α,β-unsaturated/α-hetero) is 1. The lowest BCUT2D eigenvalue weighted by atomic mass is 9.90. The summed E-state index contributed by atoms with van der Waals surface area (Å²) in [6.45, 7) is 0. The molecule has 1 aromatic rings. The minimum Gasteiger partial charge on any atom is -0.495 e. The van der Waals surface area contributed by atoms with Crippen LogP contribution < -0.4 is 4.74 Å². The van der Waals surface area contributed by atoms with Crippen LogP contribution in [0.4, 0.5) is 0 Å². The second kappa shape index (κ2) is 5.40. The van der Waals surface area contributed by atoms with Gasteiger partial charge in [0.1, 0.15) is 11.8 Å². The summed E-state index contributed by atoms with van der Waals surface area (Å²) in [7, 11) is -1.56. The molecule has 2 aliphatic heterocycles. The molecule has 2 saturated heterocycles. The first-order valence-corrected chi connectivity index (χ1v) is 8.93. The fourth-order valence-corrected chi connectivity index (χ4v) is 6.07. The summed E-state index contributed by atoms with van der Waals surface area (Å²) in [4.78, 5) is 12.7. The first kappa shape index (κ1) is 15.0. The Morgan fingerprint density at radius 3 is 2.45 bits per heavy atom. The third-order valence-electron chi connectivity index (χ3n) is 4.81. The van der Waals surface area contributed by atoms with Gasteiger partial charge in [0.05, 0.1) is 23.2 Å². The van der Waals surface area contributed by atoms with Crippen molar-refractivity contribution in [3.05, 3.63) is 29.3 Å². The van der Waals surface area contributed by atoms with Gasteiger partial charge in [-0.1, -0.05) is 0 Å². The monoisotopic (exact) mass is 319 g/mol. The van der Waals surface area contributed by atoms with Crippen molar-refractivity contribution in [3.63, 3.8) is 0 Å². The number of methoxy groups -OCH3 is 1. The number of hydrogen-bond acceptors (Lipinski definition) is 5. The van der Waals surface area contributed by atoms with E-state index < -0.39 is 9.84 Å². The molecule has 2 fully saturated rings. The highest BCUT2D eigenvalue weighted by atomic mass is 32.2. The maximum atomic E-state index is 12.7. The molecule has 1 aromatic carbocycles. The molecule has 0 aliphatic carbocycles. The molecule has 3 rings (SSSR count). The van der Waals surface area contributed by atoms with Crippen molar-refractivity contribution in [2.45, 2.75) is 36.2 Å². The van der Waals surface area contributed by atoms with Gasteiger partial charge in [0.25, 0.3) is 0 Å². The number of nitrogens with zero attached hydrogens (tertiary/aromatic N) is 1. The van der Waals surface area contributed by atoms with E-state index in [4.69, 9.17) is 10.00 Å². The SMILES string of the molecule is COc1cc(C(=O)C2CC3CCC(C2)S3(=O)=O)ccc1C#N. The fourth-order valence-electron chi connectivity index (χ4n) is 3.59. The highest BCUT2D eigenvalue weighted by Crippen LogP contribution is 2.42. The smallest absolute Gasteiger partial charge is 0.166 e. The molecule has 0 saturated carbocycles. The second-order valence-electron chi connectivity index (χ2n) is 5.97. The first-order valence-electron chi connectivity index (χ1n) is 7.32. The number of benzene rings is 1. The zero-order valence-electron chi connectivity index (χ0n) is 12.3. The Balaban J connectivity index is 1.86. The molecule has 2 unspecified atom stereocenters. The molecule has 6 heteroatoms. The van der Waals surface area contributed by atoms with Crippen molar-refractivity contribution in [1.82, 2.24) is 0 Å². The van der Waals surface area contributed by atoms with Crippen LogP contribution in [0.25, 0.3) is 0 Å². The quantitative estimate of drug-likeness (QED) is 0.797. The van der Waals surface area contributed by atoms with Crippen molar-refractivity contribution in [3.8, 4) is 11.8 Å². The van der Waals surface area contributed by atoms with E-state index in [-0.39, 0.29) is 22.2 Å². The minimum absolute atomic E-state index is 0.0467. The fraction of sp³-hybridized carbons (Fsp3) is 0.500. The van der Waals surface area contributed by atoms with Crippen molar-refractivity contribution in [1.29, 1.82) is 5.26 Å². The summed E-state index contributed by atoms with van der Waals surface area (Å²) in [6, 6.07) is 6.78. The summed E-state index contributed by atoms with van der Waals surface area (Å²) >= 11 is 0. The Morgan fingerprint density at radius 2 is 1.91 bits per heavy atom. The van der Waals surface area contributed by atoms with Crippen LogP contribution >= 0.6 is 0 Å². The van der Waals surface area contributed by atoms with Crippen LogP contribution in [0.15, 0.2) is 18.2 Å². The van der Waals surface area contributed by atoms with E-state index in [9.17, 15) is 13.2 Å². The molecule has 2 aliphatic rings. The maximum absolute atomic E-state index is 12.7. The van der Waals surface area contributed by atoms with Gasteiger partial charge in [-0.3, -0.25) is 4.79 Å². The molecule has 2 heterocycles. The minimum atomic E-state index is -3.02. The second-order valence-corrected chi connectivity index (χ2v) is 8.48. The van der Waals surface area contributed by atoms with Crippen LogP contribution in [-0.2, 0) is 9.84 Å². The number of rotatable bonds is 3. The summed E-state index contributed by atoms with van der Waals surface area (Å²) in [5.74, 6) is 0.0769. The van der Waals surface area contributed by atoms with Gasteiger partial charge in [-0.05, 0) is 43.9 Å². The highest BCUT2D eigenvalue weighted by Gasteiger charge is 2.48. The number of carbonyl (C=O) groups excluding carboxylic acids is 1. The molecule has 5 nitrogen and oxygen atoms in total. The van der Waals surface area contributed by atoms with Gasteiger partial charge in [-0.25, -0.2) is 8.42 Å². The predicted octanol–water partition coefficient (Wildman–Crippen LogP) is 2.11. The Kier molecular flexibility index (Phi) is 3.69. The molecule has 22 heavy (non-hydrogen) atoms. The first-order chi connectivity index (χ1) is 10.5. The number of sulfone groups is 1. The molecular weight excluding hydrogens is 302 g/mol. The van der Waals surface area contributed by atoms with Crippen molar-refractivity contribution in [2.75, 3.05) is 7.11 Å². The maximum Gasteiger partial charge on any atom is 0.166 e. The van der Waals surface area contributed by atoms with Gasteiger partial charge in [-0.15, -0.1) is 0 Å². The lowest BCUT2D eigenvalue weighted by Gasteiger charge is -2.27. The van der Waals surface area contributed by atoms with Gasteiger partial charge in [0, 0.05) is 11.5 Å². The molecule has 0 spiro atoms. The largest absolute Gasteiger partial charge is 0.495 e. The van der Waals surface area contributed by atoms with Crippen molar-refractivity contribution in [2.24, 2.45) is 5.92 Å². The molecule has 2 bridgehead atoms. The average Bonchev–Trinajstić information content (AvgIpc) is 2.72. The summed E-state index contributed by atoms with van der Waals surface area (Å²) in [5.41, 5.74) is 0.866. The standard InChI is InChI=1S/C16H17NO4S/c1-21-15-8-10(2-3-11(15)9-17)16(18)12-6-13-4-5-14(7-12)22(13,19)20/h2-3,8,12-14H,4-7H2,1H3. The van der Waals surface area contributed by atoms with E-state index in [1.165, 1.54) is 7.11 Å². The molecule has 2 atom stereocenters. The zero-order valence-corrected chi connectivity index (χ0v) is 13.1. The van der Waals surface area contributed by atoms with Crippen LogP contribution in [-0.4, -0.2) is 31.8 Å². The van der Waals surface area contributed by atoms with Crippen LogP contribution in [0, 0.1) is 17.2 Å².